The maximum atomic E-state index is 5.31. The first-order chi connectivity index (χ1) is 13.7. The molecule has 0 fully saturated rings. The molecule has 1 aromatic heterocycles. The minimum Gasteiger partial charge on any atom is -0.497 e. The molecule has 3 aromatic carbocycles. The van der Waals surface area contributed by atoms with Crippen molar-refractivity contribution in [3.05, 3.63) is 96.6 Å². The van der Waals surface area contributed by atoms with Crippen molar-refractivity contribution in [2.75, 3.05) is 12.4 Å². The minimum atomic E-state index is 0.848. The van der Waals surface area contributed by atoms with E-state index in [4.69, 9.17) is 9.72 Å². The summed E-state index contributed by atoms with van der Waals surface area (Å²) in [5.74, 6) is 1.71. The highest BCUT2D eigenvalue weighted by atomic mass is 16.5. The first-order valence-corrected chi connectivity index (χ1v) is 9.28. The standard InChI is InChI=1S/C25H22N2O/c1-18-23(19-13-15-22(28-2)16-14-19)17-24(20-9-5-3-6-10-20)27-25(18)26-21-11-7-4-8-12-21/h3-17H,1-2H3,(H,26,27). The van der Waals surface area contributed by atoms with E-state index in [1.165, 1.54) is 0 Å². The predicted octanol–water partition coefficient (Wildman–Crippen LogP) is 6.48. The largest absolute Gasteiger partial charge is 0.497 e. The van der Waals surface area contributed by atoms with Crippen LogP contribution in [0.15, 0.2) is 91.0 Å². The van der Waals surface area contributed by atoms with E-state index in [2.05, 4.69) is 42.6 Å². The summed E-state index contributed by atoms with van der Waals surface area (Å²) < 4.78 is 5.31. The van der Waals surface area contributed by atoms with Crippen LogP contribution < -0.4 is 10.1 Å². The van der Waals surface area contributed by atoms with E-state index < -0.39 is 0 Å². The molecule has 4 rings (SSSR count). The normalized spacial score (nSPS) is 10.5. The van der Waals surface area contributed by atoms with Crippen LogP contribution in [-0.4, -0.2) is 12.1 Å². The number of methoxy groups -OCH3 is 1. The first kappa shape index (κ1) is 17.8. The Bertz CT molecular complexity index is 1060. The number of nitrogens with one attached hydrogen (secondary N) is 1. The summed E-state index contributed by atoms with van der Waals surface area (Å²) >= 11 is 0. The van der Waals surface area contributed by atoms with Crippen LogP contribution in [0.4, 0.5) is 11.5 Å². The lowest BCUT2D eigenvalue weighted by Gasteiger charge is -2.16. The molecule has 0 radical (unpaired) electrons. The number of nitrogens with zero attached hydrogens (tertiary/aromatic N) is 1. The van der Waals surface area contributed by atoms with Crippen LogP contribution in [0.5, 0.6) is 5.75 Å². The van der Waals surface area contributed by atoms with Gasteiger partial charge in [-0.1, -0.05) is 60.7 Å². The molecule has 4 aromatic rings. The molecule has 0 unspecified atom stereocenters. The monoisotopic (exact) mass is 366 g/mol. The topological polar surface area (TPSA) is 34.1 Å². The summed E-state index contributed by atoms with van der Waals surface area (Å²) in [7, 11) is 1.68. The van der Waals surface area contributed by atoms with Crippen LogP contribution >= 0.6 is 0 Å². The van der Waals surface area contributed by atoms with Gasteiger partial charge in [-0.3, -0.25) is 0 Å². The molecule has 138 valence electrons. The lowest BCUT2D eigenvalue weighted by molar-refractivity contribution is 0.415. The van der Waals surface area contributed by atoms with Gasteiger partial charge in [0, 0.05) is 11.3 Å². The van der Waals surface area contributed by atoms with Gasteiger partial charge in [0.25, 0.3) is 0 Å². The maximum Gasteiger partial charge on any atom is 0.134 e. The molecule has 3 nitrogen and oxygen atoms in total. The molecule has 0 saturated carbocycles. The maximum absolute atomic E-state index is 5.31. The van der Waals surface area contributed by atoms with Gasteiger partial charge in [0.2, 0.25) is 0 Å². The zero-order chi connectivity index (χ0) is 19.3. The Balaban J connectivity index is 1.85. The van der Waals surface area contributed by atoms with Gasteiger partial charge in [-0.15, -0.1) is 0 Å². The average molecular weight is 366 g/mol. The number of rotatable bonds is 5. The smallest absolute Gasteiger partial charge is 0.134 e. The van der Waals surface area contributed by atoms with Gasteiger partial charge in [0.1, 0.15) is 11.6 Å². The molecule has 1 heterocycles. The predicted molar refractivity (Wildman–Crippen MR) is 116 cm³/mol. The molecule has 1 N–H and O–H groups in total. The van der Waals surface area contributed by atoms with Crippen molar-refractivity contribution in [1.82, 2.24) is 4.98 Å². The molecule has 0 amide bonds. The molecule has 0 spiro atoms. The number of benzene rings is 3. The molecule has 3 heteroatoms. The second-order valence-electron chi connectivity index (χ2n) is 6.61. The first-order valence-electron chi connectivity index (χ1n) is 9.28. The summed E-state index contributed by atoms with van der Waals surface area (Å²) in [4.78, 5) is 4.92. The van der Waals surface area contributed by atoms with Gasteiger partial charge in [0.15, 0.2) is 0 Å². The molecule has 0 bridgehead atoms. The van der Waals surface area contributed by atoms with Crippen molar-refractivity contribution in [2.24, 2.45) is 0 Å². The van der Waals surface area contributed by atoms with E-state index in [0.717, 1.165) is 45.2 Å². The quantitative estimate of drug-likeness (QED) is 0.439. The van der Waals surface area contributed by atoms with E-state index in [0.29, 0.717) is 0 Å². The summed E-state index contributed by atoms with van der Waals surface area (Å²) in [5.41, 5.74) is 6.44. The van der Waals surface area contributed by atoms with Crippen molar-refractivity contribution in [1.29, 1.82) is 0 Å². The molecular weight excluding hydrogens is 344 g/mol. The number of aromatic nitrogens is 1. The van der Waals surface area contributed by atoms with Gasteiger partial charge < -0.3 is 10.1 Å². The summed E-state index contributed by atoms with van der Waals surface area (Å²) in [6, 6.07) is 30.7. The number of anilines is 2. The highest BCUT2D eigenvalue weighted by molar-refractivity contribution is 5.79. The summed E-state index contributed by atoms with van der Waals surface area (Å²) in [6.45, 7) is 2.10. The van der Waals surface area contributed by atoms with Gasteiger partial charge in [-0.2, -0.15) is 0 Å². The van der Waals surface area contributed by atoms with E-state index in [-0.39, 0.29) is 0 Å². The van der Waals surface area contributed by atoms with Crippen LogP contribution in [0.25, 0.3) is 22.4 Å². The van der Waals surface area contributed by atoms with Gasteiger partial charge in [-0.25, -0.2) is 4.98 Å². The minimum absolute atomic E-state index is 0.848. The van der Waals surface area contributed by atoms with Gasteiger partial charge in [0.05, 0.1) is 12.8 Å². The molecule has 0 aliphatic heterocycles. The third-order valence-corrected chi connectivity index (χ3v) is 4.78. The highest BCUT2D eigenvalue weighted by Crippen LogP contribution is 2.34. The molecule has 0 aliphatic rings. The molecule has 28 heavy (non-hydrogen) atoms. The lowest BCUT2D eigenvalue weighted by Crippen LogP contribution is -2.00. The van der Waals surface area contributed by atoms with Crippen molar-refractivity contribution < 1.29 is 4.74 Å². The van der Waals surface area contributed by atoms with E-state index in [1.807, 2.05) is 60.7 Å². The van der Waals surface area contributed by atoms with Crippen molar-refractivity contribution >= 4 is 11.5 Å². The Labute approximate surface area is 165 Å². The Morgan fingerprint density at radius 3 is 2.04 bits per heavy atom. The number of pyridine rings is 1. The summed E-state index contributed by atoms with van der Waals surface area (Å²) in [5, 5.41) is 3.48. The van der Waals surface area contributed by atoms with Gasteiger partial charge in [-0.05, 0) is 53.9 Å². The number of ether oxygens (including phenoxy) is 1. The highest BCUT2D eigenvalue weighted by Gasteiger charge is 2.13. The van der Waals surface area contributed by atoms with E-state index >= 15 is 0 Å². The Kier molecular flexibility index (Phi) is 5.07. The SMILES string of the molecule is COc1ccc(-c2cc(-c3ccccc3)nc(Nc3ccccc3)c2C)cc1. The van der Waals surface area contributed by atoms with Crippen LogP contribution in [0, 0.1) is 6.92 Å². The van der Waals surface area contributed by atoms with Crippen LogP contribution in [0.3, 0.4) is 0 Å². The third-order valence-electron chi connectivity index (χ3n) is 4.78. The van der Waals surface area contributed by atoms with Crippen molar-refractivity contribution in [2.45, 2.75) is 6.92 Å². The molecule has 0 saturated heterocycles. The Hall–Kier alpha value is -3.59. The zero-order valence-electron chi connectivity index (χ0n) is 16.0. The van der Waals surface area contributed by atoms with Crippen LogP contribution in [0.2, 0.25) is 0 Å². The van der Waals surface area contributed by atoms with Crippen molar-refractivity contribution in [3.63, 3.8) is 0 Å². The van der Waals surface area contributed by atoms with Gasteiger partial charge >= 0.3 is 0 Å². The van der Waals surface area contributed by atoms with Crippen LogP contribution in [0.1, 0.15) is 5.56 Å². The summed E-state index contributed by atoms with van der Waals surface area (Å²) in [6.07, 6.45) is 0. The number of hydrogen-bond donors (Lipinski definition) is 1. The second-order valence-corrected chi connectivity index (χ2v) is 6.61. The van der Waals surface area contributed by atoms with E-state index in [9.17, 15) is 0 Å². The Morgan fingerprint density at radius 2 is 1.39 bits per heavy atom. The molecule has 0 atom stereocenters. The lowest BCUT2D eigenvalue weighted by atomic mass is 9.98. The van der Waals surface area contributed by atoms with Crippen LogP contribution in [-0.2, 0) is 0 Å². The average Bonchev–Trinajstić information content (AvgIpc) is 2.76. The fraction of sp³-hybridized carbons (Fsp3) is 0.0800. The third kappa shape index (κ3) is 3.74. The Morgan fingerprint density at radius 1 is 0.750 bits per heavy atom. The second kappa shape index (κ2) is 7.97. The van der Waals surface area contributed by atoms with E-state index in [1.54, 1.807) is 7.11 Å². The molecular formula is C25H22N2O. The fourth-order valence-electron chi connectivity index (χ4n) is 3.22. The van der Waals surface area contributed by atoms with Crippen molar-refractivity contribution in [3.8, 4) is 28.1 Å². The molecule has 0 aliphatic carbocycles. The fourth-order valence-corrected chi connectivity index (χ4v) is 3.22. The zero-order valence-corrected chi connectivity index (χ0v) is 16.0. The number of para-hydroxylation sites is 1. The number of hydrogen-bond acceptors (Lipinski definition) is 3.